The van der Waals surface area contributed by atoms with Crippen molar-refractivity contribution in [1.82, 2.24) is 10.2 Å². The second-order valence-electron chi connectivity index (χ2n) is 7.88. The Hall–Kier alpha value is -3.95. The second-order valence-corrected chi connectivity index (χ2v) is 7.88. The van der Waals surface area contributed by atoms with E-state index in [0.717, 1.165) is 18.2 Å². The number of rotatable bonds is 5. The largest absolute Gasteiger partial charge is 0.348 e. The van der Waals surface area contributed by atoms with E-state index >= 15 is 0 Å². The third kappa shape index (κ3) is 4.70. The van der Waals surface area contributed by atoms with Crippen LogP contribution >= 0.6 is 0 Å². The molecule has 176 valence electrons. The van der Waals surface area contributed by atoms with Crippen LogP contribution in [-0.4, -0.2) is 23.9 Å². The number of benzene rings is 3. The van der Waals surface area contributed by atoms with Crippen LogP contribution in [0.25, 0.3) is 0 Å². The van der Waals surface area contributed by atoms with Gasteiger partial charge < -0.3 is 10.2 Å². The van der Waals surface area contributed by atoms with Gasteiger partial charge in [0, 0.05) is 49.5 Å². The molecule has 0 atom stereocenters. The molecule has 0 aliphatic carbocycles. The first kappa shape index (κ1) is 23.2. The fourth-order valence-corrected chi connectivity index (χ4v) is 3.77. The van der Waals surface area contributed by atoms with Crippen LogP contribution in [0, 0.1) is 29.1 Å². The van der Waals surface area contributed by atoms with Gasteiger partial charge in [-0.05, 0) is 35.4 Å². The summed E-state index contributed by atoms with van der Waals surface area (Å²) in [5.41, 5.74) is 0.851. The predicted molar refractivity (Wildman–Crippen MR) is 113 cm³/mol. The Labute approximate surface area is 191 Å². The number of fused-ring (bicyclic) bond motifs is 1. The Morgan fingerprint density at radius 2 is 1.53 bits per heavy atom. The molecule has 1 heterocycles. The number of hydrogen-bond acceptors (Lipinski definition) is 2. The molecule has 4 rings (SSSR count). The zero-order chi connectivity index (χ0) is 24.6. The normalized spacial score (nSPS) is 13.2. The minimum atomic E-state index is -1.13. The molecule has 1 N–H and O–H groups in total. The van der Waals surface area contributed by atoms with E-state index in [0.29, 0.717) is 23.4 Å². The lowest BCUT2D eigenvalue weighted by Gasteiger charge is -2.35. The van der Waals surface area contributed by atoms with Gasteiger partial charge in [-0.25, -0.2) is 26.7 Å². The monoisotopic (exact) mass is 475 g/mol. The summed E-state index contributed by atoms with van der Waals surface area (Å²) >= 11 is 0. The quantitative estimate of drug-likeness (QED) is 0.535. The van der Waals surface area contributed by atoms with Crippen molar-refractivity contribution < 1.29 is 31.5 Å². The number of hydrogen-bond donors (Lipinski definition) is 1. The first-order chi connectivity index (χ1) is 16.1. The van der Waals surface area contributed by atoms with E-state index < -0.39 is 53.1 Å². The van der Waals surface area contributed by atoms with Crippen molar-refractivity contribution in [2.24, 2.45) is 0 Å². The number of carbonyl (C=O) groups is 2. The van der Waals surface area contributed by atoms with Crippen LogP contribution in [0.1, 0.15) is 27.0 Å². The topological polar surface area (TPSA) is 52.7 Å². The third-order valence-electron chi connectivity index (χ3n) is 5.40. The second kappa shape index (κ2) is 9.12. The first-order valence-corrected chi connectivity index (χ1v) is 10.1. The summed E-state index contributed by atoms with van der Waals surface area (Å²) in [4.78, 5) is 28.2. The molecule has 1 aliphatic rings. The van der Waals surface area contributed by atoms with E-state index in [9.17, 15) is 31.5 Å². The Morgan fingerprint density at radius 3 is 2.18 bits per heavy atom. The highest BCUT2D eigenvalue weighted by atomic mass is 19.2. The average Bonchev–Trinajstić information content (AvgIpc) is 2.75. The summed E-state index contributed by atoms with van der Waals surface area (Å²) in [6, 6.07) is 8.03. The number of amides is 3. The lowest BCUT2D eigenvalue weighted by atomic mass is 10.0. The van der Waals surface area contributed by atoms with Crippen LogP contribution in [0.2, 0.25) is 0 Å². The van der Waals surface area contributed by atoms with E-state index in [-0.39, 0.29) is 24.2 Å². The van der Waals surface area contributed by atoms with Gasteiger partial charge in [-0.15, -0.1) is 0 Å². The van der Waals surface area contributed by atoms with Gasteiger partial charge in [0.15, 0.2) is 0 Å². The molecule has 0 aromatic heterocycles. The van der Waals surface area contributed by atoms with Gasteiger partial charge in [-0.3, -0.25) is 9.69 Å². The SMILES string of the molecule is CN1Cc2ccc(C(=O)NCc3c(F)cc(F)cc3F)cc2N(Cc2cc(F)cc(F)c2)C1=O. The van der Waals surface area contributed by atoms with E-state index in [1.807, 2.05) is 0 Å². The summed E-state index contributed by atoms with van der Waals surface area (Å²) in [5.74, 6) is -5.61. The molecule has 0 spiro atoms. The van der Waals surface area contributed by atoms with Crippen LogP contribution in [0.3, 0.4) is 0 Å². The van der Waals surface area contributed by atoms with Crippen LogP contribution < -0.4 is 10.2 Å². The van der Waals surface area contributed by atoms with Crippen molar-refractivity contribution in [2.45, 2.75) is 19.6 Å². The van der Waals surface area contributed by atoms with Crippen molar-refractivity contribution in [2.75, 3.05) is 11.9 Å². The maximum atomic E-state index is 13.9. The van der Waals surface area contributed by atoms with Crippen molar-refractivity contribution in [3.63, 3.8) is 0 Å². The Bertz CT molecular complexity index is 1250. The maximum absolute atomic E-state index is 13.9. The number of nitrogens with zero attached hydrogens (tertiary/aromatic N) is 2. The maximum Gasteiger partial charge on any atom is 0.324 e. The van der Waals surface area contributed by atoms with Crippen LogP contribution in [0.15, 0.2) is 48.5 Å². The summed E-state index contributed by atoms with van der Waals surface area (Å²) in [6.45, 7) is -0.431. The van der Waals surface area contributed by atoms with E-state index in [1.165, 1.54) is 21.9 Å². The molecule has 0 saturated heterocycles. The fraction of sp³-hybridized carbons (Fsp3) is 0.167. The summed E-state index contributed by atoms with van der Waals surface area (Å²) in [7, 11) is 1.57. The van der Waals surface area contributed by atoms with Gasteiger partial charge in [0.25, 0.3) is 5.91 Å². The molecule has 3 aromatic carbocycles. The number of halogens is 5. The fourth-order valence-electron chi connectivity index (χ4n) is 3.77. The van der Waals surface area contributed by atoms with Crippen molar-refractivity contribution >= 4 is 17.6 Å². The van der Waals surface area contributed by atoms with E-state index in [4.69, 9.17) is 0 Å². The Kier molecular flexibility index (Phi) is 6.23. The Balaban J connectivity index is 1.60. The van der Waals surface area contributed by atoms with Gasteiger partial charge in [0.05, 0.1) is 12.2 Å². The summed E-state index contributed by atoms with van der Waals surface area (Å²) in [5, 5.41) is 2.37. The molecular formula is C24H18F5N3O2. The molecule has 10 heteroatoms. The predicted octanol–water partition coefficient (Wildman–Crippen LogP) is 4.88. The van der Waals surface area contributed by atoms with Crippen molar-refractivity contribution in [1.29, 1.82) is 0 Å². The number of anilines is 1. The molecule has 34 heavy (non-hydrogen) atoms. The summed E-state index contributed by atoms with van der Waals surface area (Å²) in [6.07, 6.45) is 0. The zero-order valence-corrected chi connectivity index (χ0v) is 17.8. The molecule has 0 bridgehead atoms. The van der Waals surface area contributed by atoms with E-state index in [1.54, 1.807) is 13.1 Å². The molecule has 1 aliphatic heterocycles. The molecule has 0 radical (unpaired) electrons. The number of carbonyl (C=O) groups excluding carboxylic acids is 2. The highest BCUT2D eigenvalue weighted by Crippen LogP contribution is 2.31. The molecule has 5 nitrogen and oxygen atoms in total. The highest BCUT2D eigenvalue weighted by Gasteiger charge is 2.29. The van der Waals surface area contributed by atoms with Crippen LogP contribution in [0.5, 0.6) is 0 Å². The third-order valence-corrected chi connectivity index (χ3v) is 5.40. The lowest BCUT2D eigenvalue weighted by Crippen LogP contribution is -2.45. The summed E-state index contributed by atoms with van der Waals surface area (Å²) < 4.78 is 68.1. The highest BCUT2D eigenvalue weighted by molar-refractivity contribution is 5.99. The molecule has 3 aromatic rings. The van der Waals surface area contributed by atoms with Crippen LogP contribution in [-0.2, 0) is 19.6 Å². The van der Waals surface area contributed by atoms with Gasteiger partial charge >= 0.3 is 6.03 Å². The van der Waals surface area contributed by atoms with Crippen molar-refractivity contribution in [3.05, 3.63) is 99.9 Å². The minimum absolute atomic E-state index is 0.0921. The number of nitrogens with one attached hydrogen (secondary N) is 1. The molecule has 0 unspecified atom stereocenters. The van der Waals surface area contributed by atoms with Crippen molar-refractivity contribution in [3.8, 4) is 0 Å². The first-order valence-electron chi connectivity index (χ1n) is 10.1. The molecule has 0 fully saturated rings. The Morgan fingerprint density at radius 1 is 0.912 bits per heavy atom. The minimum Gasteiger partial charge on any atom is -0.348 e. The lowest BCUT2D eigenvalue weighted by molar-refractivity contribution is 0.0950. The number of urea groups is 1. The average molecular weight is 475 g/mol. The molecule has 3 amide bonds. The van der Waals surface area contributed by atoms with Gasteiger partial charge in [0.1, 0.15) is 29.1 Å². The van der Waals surface area contributed by atoms with Crippen LogP contribution in [0.4, 0.5) is 32.4 Å². The van der Waals surface area contributed by atoms with E-state index in [2.05, 4.69) is 5.32 Å². The zero-order valence-electron chi connectivity index (χ0n) is 17.8. The standard InChI is InChI=1S/C24H18F5N3O2/c1-31-12-15-3-2-14(23(33)30-10-19-20(28)8-18(27)9-21(19)29)6-22(15)32(24(31)34)11-13-4-16(25)7-17(26)5-13/h2-9H,10-12H2,1H3,(H,30,33). The smallest absolute Gasteiger partial charge is 0.324 e. The van der Waals surface area contributed by atoms with Gasteiger partial charge in [-0.1, -0.05) is 6.07 Å². The van der Waals surface area contributed by atoms with Gasteiger partial charge in [-0.2, -0.15) is 0 Å². The molecular weight excluding hydrogens is 457 g/mol. The van der Waals surface area contributed by atoms with Gasteiger partial charge in [0.2, 0.25) is 0 Å². The molecule has 0 saturated carbocycles.